The molecule has 3 heterocycles. The molecule has 1 spiro atoms. The van der Waals surface area contributed by atoms with Gasteiger partial charge in [0.25, 0.3) is 11.8 Å². The fourth-order valence-corrected chi connectivity index (χ4v) is 5.28. The standard InChI is InChI=1S/C29H30FN3O7/c1-37-23-6-3-7-24(38-2)25(23)28(36)32-14-12-29(13-15-32)33(27(35)19-8-10-20(30)11-9-19)22(18-40-29)26(34)31-17-21-5-4-16-39-21/h3-11,16,22H,12-15,17-18H2,1-2H3,(H,31,34)/t22-/m0/s1. The highest BCUT2D eigenvalue weighted by Crippen LogP contribution is 2.40. The summed E-state index contributed by atoms with van der Waals surface area (Å²) < 4.78 is 35.9. The second kappa shape index (κ2) is 11.4. The number of methoxy groups -OCH3 is 2. The van der Waals surface area contributed by atoms with Gasteiger partial charge in [0, 0.05) is 31.5 Å². The molecule has 3 aromatic rings. The maximum Gasteiger partial charge on any atom is 0.261 e. The van der Waals surface area contributed by atoms with Crippen molar-refractivity contribution in [3.05, 3.63) is 83.6 Å². The predicted molar refractivity (Wildman–Crippen MR) is 140 cm³/mol. The van der Waals surface area contributed by atoms with E-state index in [1.165, 1.54) is 49.6 Å². The van der Waals surface area contributed by atoms with Crippen LogP contribution in [0.1, 0.15) is 39.3 Å². The number of hydrogen-bond acceptors (Lipinski definition) is 7. The van der Waals surface area contributed by atoms with Gasteiger partial charge in [0.15, 0.2) is 0 Å². The van der Waals surface area contributed by atoms with Crippen molar-refractivity contribution in [2.75, 3.05) is 33.9 Å². The molecule has 2 fully saturated rings. The third-order valence-corrected chi connectivity index (χ3v) is 7.36. The number of furan rings is 1. The summed E-state index contributed by atoms with van der Waals surface area (Å²) in [6.45, 7) is 0.643. The zero-order chi connectivity index (χ0) is 28.3. The second-order valence-electron chi connectivity index (χ2n) is 9.58. The summed E-state index contributed by atoms with van der Waals surface area (Å²) in [6.07, 6.45) is 2.05. The Morgan fingerprint density at radius 3 is 2.25 bits per heavy atom. The number of piperidine rings is 1. The van der Waals surface area contributed by atoms with Crippen LogP contribution in [0, 0.1) is 5.82 Å². The van der Waals surface area contributed by atoms with Crippen LogP contribution in [0.25, 0.3) is 0 Å². The van der Waals surface area contributed by atoms with Crippen LogP contribution in [0.2, 0.25) is 0 Å². The molecule has 11 heteroatoms. The Balaban J connectivity index is 1.38. The van der Waals surface area contributed by atoms with E-state index in [1.807, 2.05) is 0 Å². The zero-order valence-electron chi connectivity index (χ0n) is 22.2. The summed E-state index contributed by atoms with van der Waals surface area (Å²) in [5.41, 5.74) is -0.586. The Hall–Kier alpha value is -4.38. The molecule has 0 unspecified atom stereocenters. The minimum Gasteiger partial charge on any atom is -0.496 e. The average Bonchev–Trinajstić information content (AvgIpc) is 3.64. The number of carbonyl (C=O) groups excluding carboxylic acids is 3. The summed E-state index contributed by atoms with van der Waals surface area (Å²) in [4.78, 5) is 43.7. The number of carbonyl (C=O) groups is 3. The molecule has 1 N–H and O–H groups in total. The van der Waals surface area contributed by atoms with E-state index in [0.717, 1.165) is 0 Å². The van der Waals surface area contributed by atoms with Gasteiger partial charge in [-0.05, 0) is 48.5 Å². The Bertz CT molecular complexity index is 1350. The van der Waals surface area contributed by atoms with Crippen molar-refractivity contribution in [2.24, 2.45) is 0 Å². The zero-order valence-corrected chi connectivity index (χ0v) is 22.2. The number of amides is 3. The van der Waals surface area contributed by atoms with Crippen molar-refractivity contribution in [3.8, 4) is 11.5 Å². The van der Waals surface area contributed by atoms with Gasteiger partial charge in [-0.1, -0.05) is 6.07 Å². The van der Waals surface area contributed by atoms with Gasteiger partial charge < -0.3 is 28.8 Å². The van der Waals surface area contributed by atoms with Gasteiger partial charge in [-0.25, -0.2) is 4.39 Å². The minimum atomic E-state index is -1.13. The molecule has 1 aromatic heterocycles. The molecule has 210 valence electrons. The van der Waals surface area contributed by atoms with Crippen LogP contribution in [-0.2, 0) is 16.1 Å². The lowest BCUT2D eigenvalue weighted by atomic mass is 9.95. The van der Waals surface area contributed by atoms with Crippen molar-refractivity contribution in [2.45, 2.75) is 31.2 Å². The number of halogens is 1. The number of hydrogen-bond donors (Lipinski definition) is 1. The molecular formula is C29H30FN3O7. The first kappa shape index (κ1) is 27.2. The Morgan fingerprint density at radius 1 is 0.975 bits per heavy atom. The Kier molecular flexibility index (Phi) is 7.74. The molecule has 0 saturated carbocycles. The molecule has 0 bridgehead atoms. The van der Waals surface area contributed by atoms with Gasteiger partial charge in [0.2, 0.25) is 5.91 Å². The number of likely N-dealkylation sites (tertiary alicyclic amines) is 1. The van der Waals surface area contributed by atoms with Gasteiger partial charge >= 0.3 is 0 Å². The summed E-state index contributed by atoms with van der Waals surface area (Å²) in [7, 11) is 2.97. The first-order valence-electron chi connectivity index (χ1n) is 12.9. The first-order valence-corrected chi connectivity index (χ1v) is 12.9. The summed E-state index contributed by atoms with van der Waals surface area (Å²) in [5, 5.41) is 2.81. The van der Waals surface area contributed by atoms with E-state index in [-0.39, 0.29) is 50.6 Å². The van der Waals surface area contributed by atoms with E-state index < -0.39 is 29.4 Å². The number of nitrogens with one attached hydrogen (secondary N) is 1. The van der Waals surface area contributed by atoms with Crippen molar-refractivity contribution >= 4 is 17.7 Å². The van der Waals surface area contributed by atoms with E-state index in [0.29, 0.717) is 22.8 Å². The minimum absolute atomic E-state index is 0.0226. The molecule has 0 aliphatic carbocycles. The maximum absolute atomic E-state index is 13.8. The van der Waals surface area contributed by atoms with Crippen LogP contribution >= 0.6 is 0 Å². The second-order valence-corrected chi connectivity index (χ2v) is 9.58. The van der Waals surface area contributed by atoms with E-state index >= 15 is 0 Å². The van der Waals surface area contributed by atoms with Gasteiger partial charge in [0.1, 0.15) is 40.4 Å². The SMILES string of the molecule is COc1cccc(OC)c1C(=O)N1CCC2(CC1)OC[C@@H](C(=O)NCc1ccco1)N2C(=O)c1ccc(F)cc1. The Labute approximate surface area is 230 Å². The van der Waals surface area contributed by atoms with Crippen LogP contribution < -0.4 is 14.8 Å². The topological polar surface area (TPSA) is 111 Å². The monoisotopic (exact) mass is 551 g/mol. The van der Waals surface area contributed by atoms with Crippen LogP contribution in [0.5, 0.6) is 11.5 Å². The van der Waals surface area contributed by atoms with Crippen molar-refractivity contribution in [1.29, 1.82) is 0 Å². The predicted octanol–water partition coefficient (Wildman–Crippen LogP) is 3.23. The number of nitrogens with zero attached hydrogens (tertiary/aromatic N) is 2. The van der Waals surface area contributed by atoms with E-state index in [1.54, 1.807) is 35.2 Å². The van der Waals surface area contributed by atoms with E-state index in [2.05, 4.69) is 5.32 Å². The highest BCUT2D eigenvalue weighted by Gasteiger charge is 2.54. The third-order valence-electron chi connectivity index (χ3n) is 7.36. The van der Waals surface area contributed by atoms with Crippen molar-refractivity contribution < 1.29 is 37.4 Å². The van der Waals surface area contributed by atoms with Gasteiger partial charge in [-0.3, -0.25) is 19.3 Å². The molecule has 2 aromatic carbocycles. The number of benzene rings is 2. The van der Waals surface area contributed by atoms with Crippen LogP contribution in [-0.4, -0.2) is 73.2 Å². The maximum atomic E-state index is 13.8. The fourth-order valence-electron chi connectivity index (χ4n) is 5.28. The van der Waals surface area contributed by atoms with Crippen LogP contribution in [0.4, 0.5) is 4.39 Å². The van der Waals surface area contributed by atoms with Crippen molar-refractivity contribution in [1.82, 2.24) is 15.1 Å². The van der Waals surface area contributed by atoms with Crippen LogP contribution in [0.15, 0.2) is 65.3 Å². The van der Waals surface area contributed by atoms with Gasteiger partial charge in [-0.2, -0.15) is 0 Å². The summed E-state index contributed by atoms with van der Waals surface area (Å²) in [5.74, 6) is -0.257. The quantitative estimate of drug-likeness (QED) is 0.480. The Morgan fingerprint density at radius 2 is 1.65 bits per heavy atom. The van der Waals surface area contributed by atoms with E-state index in [9.17, 15) is 18.8 Å². The number of ether oxygens (including phenoxy) is 3. The lowest BCUT2D eigenvalue weighted by molar-refractivity contribution is -0.128. The smallest absolute Gasteiger partial charge is 0.261 e. The third kappa shape index (κ3) is 5.12. The van der Waals surface area contributed by atoms with Crippen molar-refractivity contribution in [3.63, 3.8) is 0 Å². The highest BCUT2D eigenvalue weighted by molar-refractivity contribution is 6.00. The van der Waals surface area contributed by atoms with Gasteiger partial charge in [0.05, 0.1) is 33.6 Å². The molecule has 2 aliphatic heterocycles. The molecule has 1 atom stereocenters. The first-order chi connectivity index (χ1) is 19.4. The number of rotatable bonds is 7. The lowest BCUT2D eigenvalue weighted by Crippen LogP contribution is -2.59. The molecule has 10 nitrogen and oxygen atoms in total. The van der Waals surface area contributed by atoms with Crippen LogP contribution in [0.3, 0.4) is 0 Å². The largest absolute Gasteiger partial charge is 0.496 e. The fraction of sp³-hybridized carbons (Fsp3) is 0.345. The summed E-state index contributed by atoms with van der Waals surface area (Å²) >= 11 is 0. The van der Waals surface area contributed by atoms with Gasteiger partial charge in [-0.15, -0.1) is 0 Å². The lowest BCUT2D eigenvalue weighted by Gasteiger charge is -2.44. The summed E-state index contributed by atoms with van der Waals surface area (Å²) in [6, 6.07) is 12.8. The molecule has 3 amide bonds. The molecular weight excluding hydrogens is 521 g/mol. The highest BCUT2D eigenvalue weighted by atomic mass is 19.1. The molecule has 0 radical (unpaired) electrons. The average molecular weight is 552 g/mol. The normalized spacial score (nSPS) is 18.0. The molecule has 2 saturated heterocycles. The molecule has 2 aliphatic rings. The molecule has 40 heavy (non-hydrogen) atoms. The van der Waals surface area contributed by atoms with E-state index in [4.69, 9.17) is 18.6 Å². The molecule has 5 rings (SSSR count).